The van der Waals surface area contributed by atoms with Crippen molar-refractivity contribution in [1.82, 2.24) is 0 Å². The molecule has 100 valence electrons. The van der Waals surface area contributed by atoms with Crippen molar-refractivity contribution in [3.63, 3.8) is 0 Å². The highest BCUT2D eigenvalue weighted by Gasteiger charge is 2.19. The third kappa shape index (κ3) is 2.56. The summed E-state index contributed by atoms with van der Waals surface area (Å²) in [4.78, 5) is 21.7. The molecule has 1 amide bonds. The zero-order valence-electron chi connectivity index (χ0n) is 10.6. The van der Waals surface area contributed by atoms with Crippen LogP contribution in [0.2, 0.25) is 0 Å². The number of nitrogens with two attached hydrogens (primary N) is 1. The van der Waals surface area contributed by atoms with Crippen LogP contribution in [0.25, 0.3) is 16.7 Å². The number of nitrogens with zero attached hydrogens (tertiary/aromatic N) is 1. The van der Waals surface area contributed by atoms with Gasteiger partial charge in [0.1, 0.15) is 0 Å². The number of carbonyl (C=O) groups is 1. The van der Waals surface area contributed by atoms with Gasteiger partial charge in [0.15, 0.2) is 0 Å². The third-order valence-corrected chi connectivity index (χ3v) is 2.92. The van der Waals surface area contributed by atoms with Crippen LogP contribution in [-0.2, 0) is 4.79 Å². The number of nitro benzene ring substituents is 1. The number of nitro groups is 1. The van der Waals surface area contributed by atoms with Crippen LogP contribution in [0, 0.1) is 10.1 Å². The molecule has 0 aromatic heterocycles. The maximum absolute atomic E-state index is 11.2. The molecular formula is C15H12N2O3. The lowest BCUT2D eigenvalue weighted by atomic mass is 9.98. The van der Waals surface area contributed by atoms with Crippen LogP contribution >= 0.6 is 0 Å². The molecule has 2 rings (SSSR count). The van der Waals surface area contributed by atoms with Gasteiger partial charge in [0.2, 0.25) is 5.91 Å². The van der Waals surface area contributed by atoms with Crippen molar-refractivity contribution in [2.24, 2.45) is 5.73 Å². The summed E-state index contributed by atoms with van der Waals surface area (Å²) in [6, 6.07) is 13.9. The van der Waals surface area contributed by atoms with Gasteiger partial charge in [-0.2, -0.15) is 0 Å². The molecule has 5 nitrogen and oxygen atoms in total. The molecule has 0 atom stereocenters. The van der Waals surface area contributed by atoms with E-state index in [1.807, 2.05) is 30.3 Å². The molecule has 2 N–H and O–H groups in total. The van der Waals surface area contributed by atoms with E-state index in [-0.39, 0.29) is 16.8 Å². The van der Waals surface area contributed by atoms with Gasteiger partial charge >= 0.3 is 0 Å². The Kier molecular flexibility index (Phi) is 3.61. The van der Waals surface area contributed by atoms with Crippen LogP contribution < -0.4 is 5.73 Å². The second-order valence-corrected chi connectivity index (χ2v) is 4.20. The molecule has 5 heteroatoms. The zero-order chi connectivity index (χ0) is 14.7. The molecule has 0 bridgehead atoms. The van der Waals surface area contributed by atoms with E-state index < -0.39 is 10.8 Å². The van der Waals surface area contributed by atoms with Crippen LogP contribution in [0.1, 0.15) is 5.56 Å². The summed E-state index contributed by atoms with van der Waals surface area (Å²) in [5, 5.41) is 11.0. The Balaban J connectivity index is 2.60. The molecule has 0 aliphatic heterocycles. The Morgan fingerprint density at radius 2 is 1.75 bits per heavy atom. The maximum atomic E-state index is 11.2. The summed E-state index contributed by atoms with van der Waals surface area (Å²) in [5.41, 5.74) is 6.69. The van der Waals surface area contributed by atoms with E-state index in [2.05, 4.69) is 6.58 Å². The molecule has 0 heterocycles. The van der Waals surface area contributed by atoms with E-state index in [0.717, 1.165) is 11.1 Å². The molecular weight excluding hydrogens is 256 g/mol. The van der Waals surface area contributed by atoms with Crippen molar-refractivity contribution in [3.05, 3.63) is 70.8 Å². The smallest absolute Gasteiger partial charge is 0.277 e. The van der Waals surface area contributed by atoms with E-state index in [1.54, 1.807) is 12.1 Å². The molecule has 0 saturated heterocycles. The van der Waals surface area contributed by atoms with Crippen LogP contribution in [-0.4, -0.2) is 10.8 Å². The number of rotatable bonds is 4. The first-order valence-electron chi connectivity index (χ1n) is 5.83. The van der Waals surface area contributed by atoms with Crippen LogP contribution in [0.4, 0.5) is 5.69 Å². The van der Waals surface area contributed by atoms with Gasteiger partial charge in [-0.3, -0.25) is 14.9 Å². The summed E-state index contributed by atoms with van der Waals surface area (Å²) in [6.45, 7) is 3.52. The fraction of sp³-hybridized carbons (Fsp3) is 0. The second kappa shape index (κ2) is 5.36. The average Bonchev–Trinajstić information content (AvgIpc) is 2.46. The predicted octanol–water partition coefficient (Wildman–Crippen LogP) is 2.76. The van der Waals surface area contributed by atoms with Crippen LogP contribution in [0.3, 0.4) is 0 Å². The quantitative estimate of drug-likeness (QED) is 0.525. The fourth-order valence-corrected chi connectivity index (χ4v) is 1.88. The Labute approximate surface area is 115 Å². The zero-order valence-corrected chi connectivity index (χ0v) is 10.6. The molecule has 0 aliphatic carbocycles. The molecule has 0 saturated carbocycles. The van der Waals surface area contributed by atoms with Crippen LogP contribution in [0.5, 0.6) is 0 Å². The highest BCUT2D eigenvalue weighted by molar-refractivity contribution is 6.19. The molecule has 0 fully saturated rings. The minimum Gasteiger partial charge on any atom is -0.366 e. The molecule has 0 radical (unpaired) electrons. The standard InChI is InChI=1S/C15H12N2O3/c1-10(15(16)18)13-9-12(7-8-14(13)17(19)20)11-5-3-2-4-6-11/h2-9H,1H2,(H2,16,18). The van der Waals surface area contributed by atoms with Gasteiger partial charge in [0, 0.05) is 11.6 Å². The van der Waals surface area contributed by atoms with Crippen molar-refractivity contribution >= 4 is 17.2 Å². The monoisotopic (exact) mass is 268 g/mol. The van der Waals surface area contributed by atoms with E-state index in [0.29, 0.717) is 0 Å². The minimum atomic E-state index is -0.779. The van der Waals surface area contributed by atoms with Gasteiger partial charge in [0.05, 0.1) is 10.5 Å². The summed E-state index contributed by atoms with van der Waals surface area (Å²) in [6.07, 6.45) is 0. The predicted molar refractivity (Wildman–Crippen MR) is 76.8 cm³/mol. The highest BCUT2D eigenvalue weighted by Crippen LogP contribution is 2.30. The number of amides is 1. The number of primary amides is 1. The first-order chi connectivity index (χ1) is 9.50. The topological polar surface area (TPSA) is 86.2 Å². The molecule has 20 heavy (non-hydrogen) atoms. The number of benzene rings is 2. The average molecular weight is 268 g/mol. The van der Waals surface area contributed by atoms with E-state index in [4.69, 9.17) is 5.73 Å². The Morgan fingerprint density at radius 1 is 1.10 bits per heavy atom. The van der Waals surface area contributed by atoms with Gasteiger partial charge in [-0.1, -0.05) is 36.9 Å². The van der Waals surface area contributed by atoms with Gasteiger partial charge in [-0.15, -0.1) is 0 Å². The highest BCUT2D eigenvalue weighted by atomic mass is 16.6. The van der Waals surface area contributed by atoms with E-state index in [1.165, 1.54) is 6.07 Å². The van der Waals surface area contributed by atoms with Crippen molar-refractivity contribution in [1.29, 1.82) is 0 Å². The summed E-state index contributed by atoms with van der Waals surface area (Å²) in [5.74, 6) is -0.779. The lowest BCUT2D eigenvalue weighted by molar-refractivity contribution is -0.385. The molecule has 2 aromatic carbocycles. The largest absolute Gasteiger partial charge is 0.366 e. The van der Waals surface area contributed by atoms with Gasteiger partial charge < -0.3 is 5.73 Å². The SMILES string of the molecule is C=C(C(N)=O)c1cc(-c2ccccc2)ccc1[N+](=O)[O-]. The Bertz CT molecular complexity index is 694. The van der Waals surface area contributed by atoms with Crippen molar-refractivity contribution < 1.29 is 9.72 Å². The van der Waals surface area contributed by atoms with E-state index in [9.17, 15) is 14.9 Å². The number of carbonyl (C=O) groups excluding carboxylic acids is 1. The first-order valence-corrected chi connectivity index (χ1v) is 5.83. The summed E-state index contributed by atoms with van der Waals surface area (Å²) in [7, 11) is 0. The molecule has 2 aromatic rings. The third-order valence-electron chi connectivity index (χ3n) is 2.92. The summed E-state index contributed by atoms with van der Waals surface area (Å²) < 4.78 is 0. The van der Waals surface area contributed by atoms with Crippen molar-refractivity contribution in [2.45, 2.75) is 0 Å². The van der Waals surface area contributed by atoms with Crippen LogP contribution in [0.15, 0.2) is 55.1 Å². The first kappa shape index (κ1) is 13.5. The fourth-order valence-electron chi connectivity index (χ4n) is 1.88. The summed E-state index contributed by atoms with van der Waals surface area (Å²) >= 11 is 0. The second-order valence-electron chi connectivity index (χ2n) is 4.20. The molecule has 0 aliphatic rings. The van der Waals surface area contributed by atoms with E-state index >= 15 is 0 Å². The lowest BCUT2D eigenvalue weighted by Gasteiger charge is -2.07. The minimum absolute atomic E-state index is 0.0746. The number of hydrogen-bond acceptors (Lipinski definition) is 3. The van der Waals surface area contributed by atoms with Crippen molar-refractivity contribution in [2.75, 3.05) is 0 Å². The lowest BCUT2D eigenvalue weighted by Crippen LogP contribution is -2.13. The van der Waals surface area contributed by atoms with Gasteiger partial charge in [-0.25, -0.2) is 0 Å². The molecule has 0 unspecified atom stereocenters. The maximum Gasteiger partial charge on any atom is 0.277 e. The number of hydrogen-bond donors (Lipinski definition) is 1. The van der Waals surface area contributed by atoms with Gasteiger partial charge in [0.25, 0.3) is 5.69 Å². The normalized spacial score (nSPS) is 10.0. The Hall–Kier alpha value is -2.95. The molecule has 0 spiro atoms. The Morgan fingerprint density at radius 3 is 2.30 bits per heavy atom. The van der Waals surface area contributed by atoms with Gasteiger partial charge in [-0.05, 0) is 23.3 Å². The van der Waals surface area contributed by atoms with Crippen molar-refractivity contribution in [3.8, 4) is 11.1 Å².